The summed E-state index contributed by atoms with van der Waals surface area (Å²) >= 11 is 0. The highest BCUT2D eigenvalue weighted by Crippen LogP contribution is 2.43. The van der Waals surface area contributed by atoms with E-state index in [4.69, 9.17) is 0 Å². The highest BCUT2D eigenvalue weighted by molar-refractivity contribution is 5.97. The number of benzene rings is 3. The average molecular weight is 430 g/mol. The van der Waals surface area contributed by atoms with Gasteiger partial charge in [0, 0.05) is 18.0 Å². The Morgan fingerprint density at radius 1 is 0.938 bits per heavy atom. The van der Waals surface area contributed by atoms with Crippen LogP contribution in [0.3, 0.4) is 0 Å². The number of carbonyl (C=O) groups is 2. The van der Waals surface area contributed by atoms with E-state index < -0.39 is 5.82 Å². The van der Waals surface area contributed by atoms with Gasteiger partial charge in [-0.15, -0.1) is 0 Å². The number of amides is 2. The zero-order chi connectivity index (χ0) is 22.2. The number of fused-ring (bicyclic) bond motifs is 1. The number of rotatable bonds is 4. The average Bonchev–Trinajstić information content (AvgIpc) is 2.81. The molecule has 1 N–H and O–H groups in total. The molecule has 0 spiro atoms. The van der Waals surface area contributed by atoms with Gasteiger partial charge in [0.1, 0.15) is 12.4 Å². The van der Waals surface area contributed by atoms with E-state index in [-0.39, 0.29) is 43.0 Å². The Hall–Kier alpha value is -3.51. The van der Waals surface area contributed by atoms with Gasteiger partial charge in [-0.05, 0) is 41.0 Å². The van der Waals surface area contributed by atoms with Crippen molar-refractivity contribution in [2.75, 3.05) is 19.7 Å². The van der Waals surface area contributed by atoms with Gasteiger partial charge in [-0.25, -0.2) is 4.39 Å². The third kappa shape index (κ3) is 3.46. The molecule has 2 aliphatic rings. The first-order valence-electron chi connectivity index (χ1n) is 10.7. The molecule has 2 fully saturated rings. The molecule has 6 heteroatoms. The highest BCUT2D eigenvalue weighted by atomic mass is 19.1. The van der Waals surface area contributed by atoms with Crippen molar-refractivity contribution in [2.45, 2.75) is 18.0 Å². The quantitative estimate of drug-likeness (QED) is 0.691. The van der Waals surface area contributed by atoms with Crippen LogP contribution in [-0.4, -0.2) is 58.5 Å². The van der Waals surface area contributed by atoms with Gasteiger partial charge < -0.3 is 14.9 Å². The molecule has 0 saturated carbocycles. The van der Waals surface area contributed by atoms with Gasteiger partial charge in [-0.2, -0.15) is 0 Å². The molecule has 0 aliphatic carbocycles. The molecule has 2 heterocycles. The van der Waals surface area contributed by atoms with E-state index in [0.29, 0.717) is 12.1 Å². The monoisotopic (exact) mass is 430 g/mol. The van der Waals surface area contributed by atoms with Crippen LogP contribution < -0.4 is 0 Å². The Balaban J connectivity index is 1.38. The third-order valence-electron chi connectivity index (χ3n) is 6.53. The maximum Gasteiger partial charge on any atom is 0.254 e. The molecule has 0 bridgehead atoms. The van der Waals surface area contributed by atoms with Crippen molar-refractivity contribution in [3.05, 3.63) is 95.8 Å². The van der Waals surface area contributed by atoms with Crippen molar-refractivity contribution in [2.24, 2.45) is 0 Å². The molecule has 2 aliphatic heterocycles. The minimum Gasteiger partial charge on any atom is -0.394 e. The third-order valence-corrected chi connectivity index (χ3v) is 6.53. The molecule has 0 radical (unpaired) electrons. The Morgan fingerprint density at radius 2 is 1.59 bits per heavy atom. The lowest BCUT2D eigenvalue weighted by Crippen LogP contribution is -2.73. The largest absolute Gasteiger partial charge is 0.394 e. The van der Waals surface area contributed by atoms with Crippen LogP contribution in [0.25, 0.3) is 11.1 Å². The second kappa shape index (κ2) is 8.20. The van der Waals surface area contributed by atoms with E-state index >= 15 is 0 Å². The van der Waals surface area contributed by atoms with Crippen LogP contribution in [0.1, 0.15) is 21.8 Å². The Bertz CT molecular complexity index is 1130. The van der Waals surface area contributed by atoms with Gasteiger partial charge in [0.05, 0.1) is 18.7 Å². The normalized spacial score (nSPS) is 22.3. The summed E-state index contributed by atoms with van der Waals surface area (Å²) in [6.07, 6.45) is 0. The Kier molecular flexibility index (Phi) is 5.23. The molecule has 2 amide bonds. The number of aliphatic hydroxyl groups excluding tert-OH is 1. The van der Waals surface area contributed by atoms with Crippen molar-refractivity contribution in [1.29, 1.82) is 0 Å². The first-order valence-corrected chi connectivity index (χ1v) is 10.7. The molecule has 2 saturated heterocycles. The minimum atomic E-state index is -0.411. The molecule has 3 atom stereocenters. The lowest BCUT2D eigenvalue weighted by Gasteiger charge is -2.58. The summed E-state index contributed by atoms with van der Waals surface area (Å²) in [5.74, 6) is -0.930. The maximum atomic E-state index is 13.2. The molecule has 162 valence electrons. The fourth-order valence-corrected chi connectivity index (χ4v) is 4.96. The van der Waals surface area contributed by atoms with Crippen molar-refractivity contribution in [1.82, 2.24) is 9.80 Å². The Labute approximate surface area is 185 Å². The molecular formula is C26H23FN2O3. The van der Waals surface area contributed by atoms with Gasteiger partial charge in [0.15, 0.2) is 0 Å². The van der Waals surface area contributed by atoms with E-state index in [1.165, 1.54) is 29.2 Å². The van der Waals surface area contributed by atoms with Crippen molar-refractivity contribution in [3.8, 4) is 11.1 Å². The van der Waals surface area contributed by atoms with E-state index in [9.17, 15) is 19.1 Å². The summed E-state index contributed by atoms with van der Waals surface area (Å²) in [5, 5.41) is 9.98. The van der Waals surface area contributed by atoms with Crippen molar-refractivity contribution >= 4 is 11.8 Å². The Morgan fingerprint density at radius 3 is 2.25 bits per heavy atom. The second-order valence-electron chi connectivity index (χ2n) is 8.32. The summed E-state index contributed by atoms with van der Waals surface area (Å²) < 4.78 is 13.2. The predicted molar refractivity (Wildman–Crippen MR) is 118 cm³/mol. The smallest absolute Gasteiger partial charge is 0.254 e. The predicted octanol–water partition coefficient (Wildman–Crippen LogP) is 3.30. The standard InChI is InChI=1S/C26H23FN2O3/c27-21-12-10-20(11-13-21)26(32)28-14-22-25(23(16-30)29(22)24(31)15-28)19-8-6-18(7-9-19)17-4-2-1-3-5-17/h1-13,22-23,25,30H,14-16H2/t22-,23+,25+/m0/s1. The number of nitrogens with zero attached hydrogens (tertiary/aromatic N) is 2. The molecule has 3 aromatic rings. The number of hydrogen-bond donors (Lipinski definition) is 1. The minimum absolute atomic E-state index is 0.0388. The van der Waals surface area contributed by atoms with E-state index in [2.05, 4.69) is 12.1 Å². The molecule has 3 aromatic carbocycles. The van der Waals surface area contributed by atoms with Crippen molar-refractivity contribution < 1.29 is 19.1 Å². The van der Waals surface area contributed by atoms with Crippen molar-refractivity contribution in [3.63, 3.8) is 0 Å². The molecule has 32 heavy (non-hydrogen) atoms. The first-order chi connectivity index (χ1) is 15.6. The number of halogens is 1. The van der Waals surface area contributed by atoms with Crippen LogP contribution in [0.4, 0.5) is 4.39 Å². The van der Waals surface area contributed by atoms with Crippen LogP contribution in [0, 0.1) is 5.82 Å². The van der Waals surface area contributed by atoms with Gasteiger partial charge in [0.25, 0.3) is 5.91 Å². The first kappa shape index (κ1) is 20.4. The van der Waals surface area contributed by atoms with E-state index in [1.54, 1.807) is 4.90 Å². The molecule has 5 rings (SSSR count). The number of aliphatic hydroxyl groups is 1. The van der Waals surface area contributed by atoms with Gasteiger partial charge in [-0.3, -0.25) is 9.59 Å². The lowest BCUT2D eigenvalue weighted by molar-refractivity contribution is -0.159. The van der Waals surface area contributed by atoms with Crippen LogP contribution in [-0.2, 0) is 4.79 Å². The zero-order valence-electron chi connectivity index (χ0n) is 17.4. The highest BCUT2D eigenvalue weighted by Gasteiger charge is 2.54. The number of carbonyl (C=O) groups excluding carboxylic acids is 2. The van der Waals surface area contributed by atoms with Crippen LogP contribution >= 0.6 is 0 Å². The SMILES string of the molecule is O=C(c1ccc(F)cc1)N1CC(=O)N2[C@H](CO)[C@H](c3ccc(-c4ccccc4)cc3)[C@@H]2C1. The molecule has 5 nitrogen and oxygen atoms in total. The number of piperazine rings is 1. The lowest BCUT2D eigenvalue weighted by atomic mass is 9.73. The summed E-state index contributed by atoms with van der Waals surface area (Å²) in [7, 11) is 0. The molecule has 0 unspecified atom stereocenters. The van der Waals surface area contributed by atoms with Gasteiger partial charge in [-0.1, -0.05) is 54.6 Å². The summed E-state index contributed by atoms with van der Waals surface area (Å²) in [6, 6.07) is 23.1. The van der Waals surface area contributed by atoms with Gasteiger partial charge >= 0.3 is 0 Å². The summed E-state index contributed by atoms with van der Waals surface area (Å²) in [6.45, 7) is 0.214. The topological polar surface area (TPSA) is 60.9 Å². The summed E-state index contributed by atoms with van der Waals surface area (Å²) in [4.78, 5) is 29.0. The zero-order valence-corrected chi connectivity index (χ0v) is 17.4. The van der Waals surface area contributed by atoms with Crippen LogP contribution in [0.15, 0.2) is 78.9 Å². The second-order valence-corrected chi connectivity index (χ2v) is 8.32. The molecular weight excluding hydrogens is 407 g/mol. The van der Waals surface area contributed by atoms with Crippen LogP contribution in [0.2, 0.25) is 0 Å². The molecule has 0 aromatic heterocycles. The maximum absolute atomic E-state index is 13.2. The van der Waals surface area contributed by atoms with E-state index in [1.807, 2.05) is 42.5 Å². The number of hydrogen-bond acceptors (Lipinski definition) is 3. The van der Waals surface area contributed by atoms with E-state index in [0.717, 1.165) is 16.7 Å². The van der Waals surface area contributed by atoms with Crippen LogP contribution in [0.5, 0.6) is 0 Å². The fourth-order valence-electron chi connectivity index (χ4n) is 4.96. The summed E-state index contributed by atoms with van der Waals surface area (Å²) in [5.41, 5.74) is 3.61. The van der Waals surface area contributed by atoms with Gasteiger partial charge in [0.2, 0.25) is 5.91 Å². The fraction of sp³-hybridized carbons (Fsp3) is 0.231.